The second-order valence-corrected chi connectivity index (χ2v) is 7.31. The van der Waals surface area contributed by atoms with Crippen LogP contribution in [0, 0.1) is 5.41 Å². The van der Waals surface area contributed by atoms with Gasteiger partial charge < -0.3 is 15.4 Å². The summed E-state index contributed by atoms with van der Waals surface area (Å²) in [6.07, 6.45) is 2.40. The van der Waals surface area contributed by atoms with E-state index in [0.717, 1.165) is 51.9 Å². The second kappa shape index (κ2) is 12.3. The summed E-state index contributed by atoms with van der Waals surface area (Å²) in [6, 6.07) is 0.467. The summed E-state index contributed by atoms with van der Waals surface area (Å²) in [7, 11) is 0. The summed E-state index contributed by atoms with van der Waals surface area (Å²) in [5.74, 6) is 0.941. The van der Waals surface area contributed by atoms with E-state index in [1.807, 2.05) is 0 Å². The molecule has 6 heteroatoms. The Morgan fingerprint density at radius 3 is 2.43 bits per heavy atom. The van der Waals surface area contributed by atoms with E-state index in [4.69, 9.17) is 9.73 Å². The fraction of sp³-hybridized carbons (Fsp3) is 0.941. The normalized spacial score (nSPS) is 18.2. The molecule has 1 saturated heterocycles. The number of nitrogens with one attached hydrogen (secondary N) is 2. The summed E-state index contributed by atoms with van der Waals surface area (Å²) in [6.45, 7) is 17.7. The Kier molecular flexibility index (Phi) is 12.3. The average molecular weight is 440 g/mol. The van der Waals surface area contributed by atoms with Crippen molar-refractivity contribution in [3.63, 3.8) is 0 Å². The molecular formula is C17H37IN4O. The van der Waals surface area contributed by atoms with Gasteiger partial charge in [0.05, 0.1) is 19.8 Å². The predicted octanol–water partition coefficient (Wildman–Crippen LogP) is 2.71. The van der Waals surface area contributed by atoms with Gasteiger partial charge in [-0.15, -0.1) is 24.0 Å². The third-order valence-electron chi connectivity index (χ3n) is 3.92. The third kappa shape index (κ3) is 11.2. The lowest BCUT2D eigenvalue weighted by Gasteiger charge is -2.31. The molecule has 5 nitrogen and oxygen atoms in total. The topological polar surface area (TPSA) is 48.9 Å². The number of ether oxygens (including phenoxy) is 1. The zero-order chi connectivity index (χ0) is 16.4. The highest BCUT2D eigenvalue weighted by Crippen LogP contribution is 2.19. The van der Waals surface area contributed by atoms with Crippen LogP contribution in [-0.2, 0) is 4.74 Å². The minimum absolute atomic E-state index is 0. The molecule has 0 spiro atoms. The number of hydrogen-bond acceptors (Lipinski definition) is 3. The first-order chi connectivity index (χ1) is 10.4. The zero-order valence-electron chi connectivity index (χ0n) is 15.7. The molecule has 23 heavy (non-hydrogen) atoms. The van der Waals surface area contributed by atoms with Crippen molar-refractivity contribution in [3.8, 4) is 0 Å². The maximum atomic E-state index is 5.40. The molecule has 0 amide bonds. The molecule has 1 aliphatic rings. The van der Waals surface area contributed by atoms with Crippen LogP contribution in [0.25, 0.3) is 0 Å². The van der Waals surface area contributed by atoms with E-state index in [1.165, 1.54) is 12.8 Å². The Hall–Kier alpha value is -0.0800. The Labute approximate surface area is 160 Å². The molecule has 0 bridgehead atoms. The van der Waals surface area contributed by atoms with Gasteiger partial charge in [0.25, 0.3) is 0 Å². The largest absolute Gasteiger partial charge is 0.379 e. The number of aliphatic imine (C=N–C) groups is 1. The standard InChI is InChI=1S/C17H36N4O.HI/c1-6-18-16(19-9-7-8-17(3,4)5)20-14-15(2)21-10-12-22-13-11-21;/h15H,6-14H2,1-5H3,(H2,18,19,20);1H. The first-order valence-corrected chi connectivity index (χ1v) is 8.76. The Bertz CT molecular complexity index is 325. The van der Waals surface area contributed by atoms with Crippen molar-refractivity contribution in [1.29, 1.82) is 0 Å². The van der Waals surface area contributed by atoms with Gasteiger partial charge in [-0.1, -0.05) is 20.8 Å². The van der Waals surface area contributed by atoms with Crippen molar-refractivity contribution in [2.75, 3.05) is 45.9 Å². The van der Waals surface area contributed by atoms with E-state index >= 15 is 0 Å². The second-order valence-electron chi connectivity index (χ2n) is 7.31. The van der Waals surface area contributed by atoms with E-state index in [1.54, 1.807) is 0 Å². The van der Waals surface area contributed by atoms with Gasteiger partial charge >= 0.3 is 0 Å². The average Bonchev–Trinajstić information content (AvgIpc) is 2.48. The van der Waals surface area contributed by atoms with Gasteiger partial charge in [0.1, 0.15) is 0 Å². The molecule has 2 N–H and O–H groups in total. The molecule has 0 aliphatic carbocycles. The predicted molar refractivity (Wildman–Crippen MR) is 110 cm³/mol. The summed E-state index contributed by atoms with van der Waals surface area (Å²) >= 11 is 0. The molecule has 1 rings (SSSR count). The molecule has 1 heterocycles. The van der Waals surface area contributed by atoms with Crippen LogP contribution in [0.1, 0.15) is 47.5 Å². The van der Waals surface area contributed by atoms with Gasteiger partial charge in [-0.3, -0.25) is 9.89 Å². The molecule has 0 saturated carbocycles. The fourth-order valence-electron chi connectivity index (χ4n) is 2.52. The minimum Gasteiger partial charge on any atom is -0.379 e. The smallest absolute Gasteiger partial charge is 0.191 e. The number of guanidine groups is 1. The lowest BCUT2D eigenvalue weighted by Crippen LogP contribution is -2.44. The number of morpholine rings is 1. The van der Waals surface area contributed by atoms with Crippen LogP contribution >= 0.6 is 24.0 Å². The van der Waals surface area contributed by atoms with Crippen molar-refractivity contribution >= 4 is 29.9 Å². The molecule has 0 aromatic heterocycles. The van der Waals surface area contributed by atoms with Gasteiger partial charge in [0.2, 0.25) is 0 Å². The van der Waals surface area contributed by atoms with E-state index in [2.05, 4.69) is 50.2 Å². The van der Waals surface area contributed by atoms with Crippen molar-refractivity contribution in [2.45, 2.75) is 53.5 Å². The van der Waals surface area contributed by atoms with Crippen molar-refractivity contribution in [3.05, 3.63) is 0 Å². The Balaban J connectivity index is 0.00000484. The van der Waals surface area contributed by atoms with Crippen LogP contribution in [0.5, 0.6) is 0 Å². The van der Waals surface area contributed by atoms with Crippen LogP contribution in [-0.4, -0.2) is 62.8 Å². The number of rotatable bonds is 7. The van der Waals surface area contributed by atoms with E-state index in [0.29, 0.717) is 11.5 Å². The van der Waals surface area contributed by atoms with Crippen LogP contribution in [0.15, 0.2) is 4.99 Å². The van der Waals surface area contributed by atoms with Crippen molar-refractivity contribution in [1.82, 2.24) is 15.5 Å². The first kappa shape index (κ1) is 22.9. The van der Waals surface area contributed by atoms with Crippen LogP contribution in [0.2, 0.25) is 0 Å². The highest BCUT2D eigenvalue weighted by atomic mass is 127. The van der Waals surface area contributed by atoms with Crippen molar-refractivity contribution < 1.29 is 4.74 Å². The minimum atomic E-state index is 0. The Morgan fingerprint density at radius 1 is 1.22 bits per heavy atom. The van der Waals surface area contributed by atoms with Crippen LogP contribution < -0.4 is 10.6 Å². The molecule has 0 radical (unpaired) electrons. The molecule has 1 aliphatic heterocycles. The summed E-state index contributed by atoms with van der Waals surface area (Å²) < 4.78 is 5.40. The molecule has 0 aromatic rings. The molecular weight excluding hydrogens is 403 g/mol. The summed E-state index contributed by atoms with van der Waals surface area (Å²) in [4.78, 5) is 7.19. The zero-order valence-corrected chi connectivity index (χ0v) is 18.0. The molecule has 0 aromatic carbocycles. The van der Waals surface area contributed by atoms with E-state index in [9.17, 15) is 0 Å². The Morgan fingerprint density at radius 2 is 1.87 bits per heavy atom. The van der Waals surface area contributed by atoms with Gasteiger partial charge in [-0.2, -0.15) is 0 Å². The van der Waals surface area contributed by atoms with E-state index in [-0.39, 0.29) is 24.0 Å². The van der Waals surface area contributed by atoms with Gasteiger partial charge in [-0.05, 0) is 32.1 Å². The fourth-order valence-corrected chi connectivity index (χ4v) is 2.52. The van der Waals surface area contributed by atoms with Crippen molar-refractivity contribution in [2.24, 2.45) is 10.4 Å². The van der Waals surface area contributed by atoms with Crippen LogP contribution in [0.3, 0.4) is 0 Å². The SMILES string of the molecule is CCNC(=NCC(C)N1CCOCC1)NCCCC(C)(C)C.I. The number of nitrogens with zero attached hydrogens (tertiary/aromatic N) is 2. The highest BCUT2D eigenvalue weighted by Gasteiger charge is 2.16. The highest BCUT2D eigenvalue weighted by molar-refractivity contribution is 14.0. The lowest BCUT2D eigenvalue weighted by molar-refractivity contribution is 0.0220. The van der Waals surface area contributed by atoms with Gasteiger partial charge in [0.15, 0.2) is 5.96 Å². The third-order valence-corrected chi connectivity index (χ3v) is 3.92. The quantitative estimate of drug-likeness (QED) is 0.277. The maximum absolute atomic E-state index is 5.40. The molecule has 1 fully saturated rings. The maximum Gasteiger partial charge on any atom is 0.191 e. The molecule has 138 valence electrons. The molecule has 1 unspecified atom stereocenters. The monoisotopic (exact) mass is 440 g/mol. The van der Waals surface area contributed by atoms with Gasteiger partial charge in [0, 0.05) is 32.2 Å². The lowest BCUT2D eigenvalue weighted by atomic mass is 9.91. The first-order valence-electron chi connectivity index (χ1n) is 8.76. The molecule has 1 atom stereocenters. The number of halogens is 1. The summed E-state index contributed by atoms with van der Waals surface area (Å²) in [5, 5.41) is 6.78. The van der Waals surface area contributed by atoms with Crippen LogP contribution in [0.4, 0.5) is 0 Å². The number of hydrogen-bond donors (Lipinski definition) is 2. The summed E-state index contributed by atoms with van der Waals surface area (Å²) in [5.41, 5.74) is 0.405. The van der Waals surface area contributed by atoms with Gasteiger partial charge in [-0.25, -0.2) is 0 Å². The van der Waals surface area contributed by atoms with E-state index < -0.39 is 0 Å².